The van der Waals surface area contributed by atoms with Gasteiger partial charge in [-0.2, -0.15) is 23.4 Å². The molecule has 12 heteroatoms. The molecule has 6 aromatic rings. The Morgan fingerprint density at radius 3 is 1.64 bits per heavy atom. The summed E-state index contributed by atoms with van der Waals surface area (Å²) >= 11 is 12.1. The standard InChI is InChI=1S/C22H24ClN3O.C21H19ClF3N3/c1-15-13-19(27-2)8-5-17(15)14-26-21-10-12-24-11-9-20(21)22(25-26)16-3-6-18(23)7-4-16;22-16-7-5-14(6-8-16)20-17-9-11-26-12-10-19(17)28(27-20)13-15-3-1-2-4-18(15)21(23,24)25/h3-8,13,24H,9-12,14H2,1-2H3;1-8,26H,9-13H2. The van der Waals surface area contributed by atoms with Gasteiger partial charge in [0.1, 0.15) is 5.75 Å². The number of benzene rings is 4. The third-order valence-electron chi connectivity index (χ3n) is 10.3. The second-order valence-corrected chi connectivity index (χ2v) is 14.7. The highest BCUT2D eigenvalue weighted by atomic mass is 35.5. The average molecular weight is 788 g/mol. The van der Waals surface area contributed by atoms with E-state index in [2.05, 4.69) is 46.5 Å². The van der Waals surface area contributed by atoms with Crippen molar-refractivity contribution in [1.82, 2.24) is 30.2 Å². The minimum atomic E-state index is -4.39. The van der Waals surface area contributed by atoms with Crippen molar-refractivity contribution in [2.24, 2.45) is 0 Å². The molecule has 2 aromatic heterocycles. The molecule has 0 bridgehead atoms. The van der Waals surface area contributed by atoms with E-state index in [1.54, 1.807) is 30.0 Å². The molecule has 0 saturated carbocycles. The first-order valence-corrected chi connectivity index (χ1v) is 19.2. The van der Waals surface area contributed by atoms with E-state index in [0.717, 1.165) is 109 Å². The molecule has 0 amide bonds. The van der Waals surface area contributed by atoms with Gasteiger partial charge in [0.05, 0.1) is 37.2 Å². The zero-order valence-electron chi connectivity index (χ0n) is 30.8. The molecule has 0 unspecified atom stereocenters. The lowest BCUT2D eigenvalue weighted by Gasteiger charge is -2.14. The van der Waals surface area contributed by atoms with Crippen molar-refractivity contribution in [1.29, 1.82) is 0 Å². The first-order chi connectivity index (χ1) is 26.6. The molecule has 7 nitrogen and oxygen atoms in total. The second-order valence-electron chi connectivity index (χ2n) is 13.8. The summed E-state index contributed by atoms with van der Waals surface area (Å²) in [6, 6.07) is 27.3. The molecule has 8 rings (SSSR count). The number of fused-ring (bicyclic) bond motifs is 2. The Labute approximate surface area is 329 Å². The van der Waals surface area contributed by atoms with E-state index in [4.69, 9.17) is 38.1 Å². The van der Waals surface area contributed by atoms with Gasteiger partial charge in [0.15, 0.2) is 0 Å². The molecular formula is C43H43Cl2F3N6O. The highest BCUT2D eigenvalue weighted by Gasteiger charge is 2.33. The van der Waals surface area contributed by atoms with Crippen molar-refractivity contribution in [2.75, 3.05) is 33.3 Å². The molecule has 0 aliphatic carbocycles. The molecule has 0 fully saturated rings. The number of hydrogen-bond acceptors (Lipinski definition) is 5. The monoisotopic (exact) mass is 786 g/mol. The Bertz CT molecular complexity index is 2250. The fourth-order valence-corrected chi connectivity index (χ4v) is 7.67. The zero-order valence-corrected chi connectivity index (χ0v) is 32.3. The largest absolute Gasteiger partial charge is 0.497 e. The van der Waals surface area contributed by atoms with E-state index in [1.165, 1.54) is 34.5 Å². The molecule has 0 radical (unpaired) electrons. The Balaban J connectivity index is 0.000000169. The van der Waals surface area contributed by atoms with Crippen LogP contribution in [0.2, 0.25) is 10.0 Å². The lowest BCUT2D eigenvalue weighted by Crippen LogP contribution is -2.18. The third kappa shape index (κ3) is 8.94. The van der Waals surface area contributed by atoms with Crippen LogP contribution in [0.3, 0.4) is 0 Å². The molecule has 2 aliphatic heterocycles. The molecular weight excluding hydrogens is 744 g/mol. The highest BCUT2D eigenvalue weighted by Crippen LogP contribution is 2.34. The van der Waals surface area contributed by atoms with Crippen LogP contribution in [-0.2, 0) is 44.9 Å². The molecule has 0 spiro atoms. The van der Waals surface area contributed by atoms with Gasteiger partial charge in [-0.3, -0.25) is 9.36 Å². The summed E-state index contributed by atoms with van der Waals surface area (Å²) in [6.45, 7) is 6.55. The van der Waals surface area contributed by atoms with Crippen LogP contribution < -0.4 is 15.4 Å². The van der Waals surface area contributed by atoms with Gasteiger partial charge in [-0.05, 0) is 92.0 Å². The maximum Gasteiger partial charge on any atom is 0.416 e. The second kappa shape index (κ2) is 17.0. The average Bonchev–Trinajstić information content (AvgIpc) is 3.42. The van der Waals surface area contributed by atoms with E-state index in [0.29, 0.717) is 5.02 Å². The van der Waals surface area contributed by atoms with Gasteiger partial charge in [-0.25, -0.2) is 0 Å². The molecule has 0 saturated heterocycles. The van der Waals surface area contributed by atoms with Gasteiger partial charge in [-0.1, -0.05) is 71.7 Å². The van der Waals surface area contributed by atoms with Crippen LogP contribution in [0.5, 0.6) is 5.75 Å². The third-order valence-corrected chi connectivity index (χ3v) is 10.8. The topological polar surface area (TPSA) is 68.9 Å². The maximum absolute atomic E-state index is 13.4. The normalized spacial score (nSPS) is 14.2. The molecule has 4 heterocycles. The highest BCUT2D eigenvalue weighted by molar-refractivity contribution is 6.30. The minimum Gasteiger partial charge on any atom is -0.497 e. The van der Waals surface area contributed by atoms with E-state index in [1.807, 2.05) is 30.3 Å². The lowest BCUT2D eigenvalue weighted by molar-refractivity contribution is -0.138. The Hall–Kier alpha value is -4.61. The Kier molecular flexibility index (Phi) is 12.0. The fraction of sp³-hybridized carbons (Fsp3) is 0.302. The first kappa shape index (κ1) is 38.7. The van der Waals surface area contributed by atoms with Gasteiger partial charge in [0.2, 0.25) is 0 Å². The molecule has 2 aliphatic rings. The van der Waals surface area contributed by atoms with Crippen molar-refractivity contribution >= 4 is 23.2 Å². The number of rotatable bonds is 7. The number of hydrogen-bond donors (Lipinski definition) is 2. The van der Waals surface area contributed by atoms with Gasteiger partial charge >= 0.3 is 6.18 Å². The van der Waals surface area contributed by atoms with Crippen LogP contribution in [0.25, 0.3) is 22.5 Å². The smallest absolute Gasteiger partial charge is 0.416 e. The van der Waals surface area contributed by atoms with Gasteiger partial charge in [0, 0.05) is 69.6 Å². The van der Waals surface area contributed by atoms with Crippen LogP contribution in [-0.4, -0.2) is 52.8 Å². The number of nitrogens with zero attached hydrogens (tertiary/aromatic N) is 4. The van der Waals surface area contributed by atoms with Crippen LogP contribution in [0.1, 0.15) is 44.8 Å². The summed E-state index contributed by atoms with van der Waals surface area (Å²) in [5.41, 5.74) is 10.8. The number of halogens is 5. The number of aromatic nitrogens is 4. The molecule has 286 valence electrons. The Morgan fingerprint density at radius 1 is 0.655 bits per heavy atom. The Morgan fingerprint density at radius 2 is 1.15 bits per heavy atom. The first-order valence-electron chi connectivity index (χ1n) is 18.5. The molecule has 0 atom stereocenters. The van der Waals surface area contributed by atoms with Crippen LogP contribution in [0, 0.1) is 6.92 Å². The van der Waals surface area contributed by atoms with Crippen molar-refractivity contribution in [2.45, 2.75) is 51.9 Å². The zero-order chi connectivity index (χ0) is 38.5. The van der Waals surface area contributed by atoms with E-state index in [9.17, 15) is 13.2 Å². The van der Waals surface area contributed by atoms with Crippen LogP contribution in [0.15, 0.2) is 91.0 Å². The predicted molar refractivity (Wildman–Crippen MR) is 213 cm³/mol. The van der Waals surface area contributed by atoms with Crippen molar-refractivity contribution < 1.29 is 17.9 Å². The lowest BCUT2D eigenvalue weighted by atomic mass is 10.0. The van der Waals surface area contributed by atoms with Gasteiger partial charge < -0.3 is 15.4 Å². The molecule has 2 N–H and O–H groups in total. The quantitative estimate of drug-likeness (QED) is 0.169. The number of aryl methyl sites for hydroxylation is 1. The maximum atomic E-state index is 13.4. The van der Waals surface area contributed by atoms with Crippen LogP contribution >= 0.6 is 23.2 Å². The minimum absolute atomic E-state index is 0.0889. The molecule has 55 heavy (non-hydrogen) atoms. The fourth-order valence-electron chi connectivity index (χ4n) is 7.41. The summed E-state index contributed by atoms with van der Waals surface area (Å²) in [4.78, 5) is 0. The summed E-state index contributed by atoms with van der Waals surface area (Å²) in [7, 11) is 1.70. The number of methoxy groups -OCH3 is 1. The van der Waals surface area contributed by atoms with Crippen molar-refractivity contribution in [3.05, 3.63) is 146 Å². The number of alkyl halides is 3. The summed E-state index contributed by atoms with van der Waals surface area (Å²) in [5.74, 6) is 0.890. The van der Waals surface area contributed by atoms with Crippen molar-refractivity contribution in [3.8, 4) is 28.3 Å². The molecule has 4 aromatic carbocycles. The number of ether oxygens (including phenoxy) is 1. The SMILES string of the molecule is COc1ccc(Cn2nc(-c3ccc(Cl)cc3)c3c2CCNCC3)c(C)c1.FC(F)(F)c1ccccc1Cn1nc(-c2ccc(Cl)cc2)c2c1CCNCC2. The van der Waals surface area contributed by atoms with Gasteiger partial charge in [0.25, 0.3) is 0 Å². The van der Waals surface area contributed by atoms with E-state index < -0.39 is 11.7 Å². The summed E-state index contributed by atoms with van der Waals surface area (Å²) < 4.78 is 49.5. The van der Waals surface area contributed by atoms with Crippen molar-refractivity contribution in [3.63, 3.8) is 0 Å². The predicted octanol–water partition coefficient (Wildman–Crippen LogP) is 9.22. The van der Waals surface area contributed by atoms with E-state index in [-0.39, 0.29) is 12.1 Å². The summed E-state index contributed by atoms with van der Waals surface area (Å²) in [6.07, 6.45) is -0.889. The van der Waals surface area contributed by atoms with Crippen LogP contribution in [0.4, 0.5) is 13.2 Å². The number of nitrogens with one attached hydrogen (secondary N) is 2. The van der Waals surface area contributed by atoms with E-state index >= 15 is 0 Å². The summed E-state index contributed by atoms with van der Waals surface area (Å²) in [5, 5.41) is 18.0. The van der Waals surface area contributed by atoms with Gasteiger partial charge in [-0.15, -0.1) is 0 Å².